The minimum Gasteiger partial charge on any atom is -0.460 e. The maximum absolute atomic E-state index is 11.7. The van der Waals surface area contributed by atoms with E-state index in [0.29, 0.717) is 6.42 Å². The predicted molar refractivity (Wildman–Crippen MR) is 116 cm³/mol. The summed E-state index contributed by atoms with van der Waals surface area (Å²) in [4.78, 5) is 23.1. The molecule has 2 aromatic heterocycles. The molecule has 2 aromatic rings. The summed E-state index contributed by atoms with van der Waals surface area (Å²) in [6.45, 7) is 8.40. The average Bonchev–Trinajstić information content (AvgIpc) is 2.67. The van der Waals surface area contributed by atoms with Crippen LogP contribution in [0.3, 0.4) is 0 Å². The van der Waals surface area contributed by atoms with E-state index >= 15 is 0 Å². The first-order valence-electron chi connectivity index (χ1n) is 10.7. The number of hydrogen-bond acceptors (Lipinski definition) is 5. The second-order valence-electron chi connectivity index (χ2n) is 8.46. The number of unbranched alkanes of at least 4 members (excludes halogenated alkanes) is 4. The Morgan fingerprint density at radius 2 is 1.41 bits per heavy atom. The standard InChI is InChI=1S/C24H35N3O2/c1-24(2,3)29-23(28)15-7-5-4-6-12-18-27(19-21-13-8-10-16-25-21)20-22-14-9-11-17-26-22/h8-11,13-14,16-17H,4-7,12,15,18-20H2,1-3H3. The Morgan fingerprint density at radius 1 is 0.862 bits per heavy atom. The van der Waals surface area contributed by atoms with Crippen LogP contribution in [0.5, 0.6) is 0 Å². The molecule has 0 aliphatic carbocycles. The highest BCUT2D eigenvalue weighted by atomic mass is 16.6. The molecule has 5 nitrogen and oxygen atoms in total. The first-order valence-corrected chi connectivity index (χ1v) is 10.7. The van der Waals surface area contributed by atoms with Crippen molar-refractivity contribution in [1.82, 2.24) is 14.9 Å². The van der Waals surface area contributed by atoms with Crippen LogP contribution in [-0.2, 0) is 22.6 Å². The van der Waals surface area contributed by atoms with Gasteiger partial charge in [-0.15, -0.1) is 0 Å². The molecule has 5 heteroatoms. The van der Waals surface area contributed by atoms with E-state index in [1.807, 2.05) is 57.4 Å². The van der Waals surface area contributed by atoms with E-state index in [4.69, 9.17) is 4.74 Å². The first-order chi connectivity index (χ1) is 13.9. The molecule has 0 bridgehead atoms. The van der Waals surface area contributed by atoms with Gasteiger partial charge in [0, 0.05) is 31.9 Å². The van der Waals surface area contributed by atoms with E-state index in [1.54, 1.807) is 0 Å². The molecular weight excluding hydrogens is 362 g/mol. The van der Waals surface area contributed by atoms with E-state index in [-0.39, 0.29) is 11.6 Å². The topological polar surface area (TPSA) is 55.3 Å². The maximum Gasteiger partial charge on any atom is 0.306 e. The zero-order valence-electron chi connectivity index (χ0n) is 18.1. The van der Waals surface area contributed by atoms with Gasteiger partial charge in [0.25, 0.3) is 0 Å². The Balaban J connectivity index is 1.68. The van der Waals surface area contributed by atoms with E-state index in [1.165, 1.54) is 0 Å². The largest absolute Gasteiger partial charge is 0.460 e. The highest BCUT2D eigenvalue weighted by Crippen LogP contribution is 2.13. The van der Waals surface area contributed by atoms with Gasteiger partial charge >= 0.3 is 5.97 Å². The number of carbonyl (C=O) groups excluding carboxylic acids is 1. The zero-order valence-corrected chi connectivity index (χ0v) is 18.1. The van der Waals surface area contributed by atoms with Gasteiger partial charge in [0.2, 0.25) is 0 Å². The minimum absolute atomic E-state index is 0.0885. The van der Waals surface area contributed by atoms with Gasteiger partial charge in [-0.1, -0.05) is 31.4 Å². The van der Waals surface area contributed by atoms with Crippen molar-refractivity contribution in [3.05, 3.63) is 60.2 Å². The van der Waals surface area contributed by atoms with Crippen molar-refractivity contribution in [2.24, 2.45) is 0 Å². The molecule has 0 N–H and O–H groups in total. The molecule has 0 amide bonds. The third-order valence-electron chi connectivity index (χ3n) is 4.50. The summed E-state index contributed by atoms with van der Waals surface area (Å²) in [6.07, 6.45) is 9.62. The van der Waals surface area contributed by atoms with E-state index in [0.717, 1.165) is 63.1 Å². The van der Waals surface area contributed by atoms with Crippen LogP contribution in [-0.4, -0.2) is 33.0 Å². The van der Waals surface area contributed by atoms with Gasteiger partial charge in [-0.3, -0.25) is 19.7 Å². The Morgan fingerprint density at radius 3 is 1.93 bits per heavy atom. The quantitative estimate of drug-likeness (QED) is 0.366. The number of nitrogens with zero attached hydrogens (tertiary/aromatic N) is 3. The predicted octanol–water partition coefficient (Wildman–Crippen LogP) is 5.16. The van der Waals surface area contributed by atoms with Crippen molar-refractivity contribution in [1.29, 1.82) is 0 Å². The third-order valence-corrected chi connectivity index (χ3v) is 4.50. The third kappa shape index (κ3) is 10.7. The molecule has 158 valence electrons. The van der Waals surface area contributed by atoms with Crippen LogP contribution in [0.15, 0.2) is 48.8 Å². The molecule has 0 fully saturated rings. The number of carbonyl (C=O) groups is 1. The number of ether oxygens (including phenoxy) is 1. The molecule has 0 unspecified atom stereocenters. The lowest BCUT2D eigenvalue weighted by Crippen LogP contribution is -2.25. The average molecular weight is 398 g/mol. The number of pyridine rings is 2. The smallest absolute Gasteiger partial charge is 0.306 e. The summed E-state index contributed by atoms with van der Waals surface area (Å²) in [6, 6.07) is 12.1. The lowest BCUT2D eigenvalue weighted by molar-refractivity contribution is -0.154. The molecule has 0 saturated carbocycles. The molecule has 0 radical (unpaired) electrons. The summed E-state index contributed by atoms with van der Waals surface area (Å²) in [5, 5.41) is 0. The summed E-state index contributed by atoms with van der Waals surface area (Å²) < 4.78 is 5.35. The molecule has 0 spiro atoms. The zero-order chi connectivity index (χ0) is 21.0. The van der Waals surface area contributed by atoms with Gasteiger partial charge in [-0.05, 0) is 64.4 Å². The van der Waals surface area contributed by atoms with Crippen LogP contribution in [0.25, 0.3) is 0 Å². The fourth-order valence-corrected chi connectivity index (χ4v) is 3.18. The summed E-state index contributed by atoms with van der Waals surface area (Å²) in [5.41, 5.74) is 1.78. The fraction of sp³-hybridized carbons (Fsp3) is 0.542. The molecule has 2 rings (SSSR count). The monoisotopic (exact) mass is 397 g/mol. The maximum atomic E-state index is 11.7. The van der Waals surface area contributed by atoms with Gasteiger partial charge in [0.05, 0.1) is 11.4 Å². The van der Waals surface area contributed by atoms with Gasteiger partial charge in [0.15, 0.2) is 0 Å². The van der Waals surface area contributed by atoms with Crippen LogP contribution in [0.1, 0.15) is 70.7 Å². The van der Waals surface area contributed by atoms with Crippen LogP contribution < -0.4 is 0 Å². The highest BCUT2D eigenvalue weighted by molar-refractivity contribution is 5.69. The molecule has 0 atom stereocenters. The lowest BCUT2D eigenvalue weighted by Gasteiger charge is -2.21. The molecule has 0 aliphatic rings. The Labute approximate surface area is 175 Å². The molecule has 0 aromatic carbocycles. The summed E-state index contributed by atoms with van der Waals surface area (Å²) >= 11 is 0. The van der Waals surface area contributed by atoms with Crippen molar-refractivity contribution < 1.29 is 9.53 Å². The van der Waals surface area contributed by atoms with Crippen LogP contribution in [0.4, 0.5) is 0 Å². The minimum atomic E-state index is -0.387. The Kier molecular flexibility index (Phi) is 9.78. The van der Waals surface area contributed by atoms with Crippen LogP contribution in [0, 0.1) is 0 Å². The van der Waals surface area contributed by atoms with E-state index < -0.39 is 0 Å². The summed E-state index contributed by atoms with van der Waals surface area (Å²) in [5.74, 6) is -0.0885. The molecule has 29 heavy (non-hydrogen) atoms. The molecule has 2 heterocycles. The van der Waals surface area contributed by atoms with Crippen molar-refractivity contribution in [3.63, 3.8) is 0 Å². The van der Waals surface area contributed by atoms with Crippen molar-refractivity contribution in [2.75, 3.05) is 6.54 Å². The van der Waals surface area contributed by atoms with Gasteiger partial charge < -0.3 is 4.74 Å². The number of aromatic nitrogens is 2. The van der Waals surface area contributed by atoms with Crippen molar-refractivity contribution in [2.45, 2.75) is 78.0 Å². The highest BCUT2D eigenvalue weighted by Gasteiger charge is 2.15. The van der Waals surface area contributed by atoms with Crippen molar-refractivity contribution in [3.8, 4) is 0 Å². The van der Waals surface area contributed by atoms with Gasteiger partial charge in [-0.25, -0.2) is 0 Å². The Hall–Kier alpha value is -2.27. The number of rotatable bonds is 12. The number of esters is 1. The second-order valence-corrected chi connectivity index (χ2v) is 8.46. The van der Waals surface area contributed by atoms with Crippen molar-refractivity contribution >= 4 is 5.97 Å². The Bertz CT molecular complexity index is 658. The number of hydrogen-bond donors (Lipinski definition) is 0. The molecule has 0 aliphatic heterocycles. The van der Waals surface area contributed by atoms with Gasteiger partial charge in [0.1, 0.15) is 5.60 Å². The normalized spacial score (nSPS) is 11.6. The van der Waals surface area contributed by atoms with E-state index in [9.17, 15) is 4.79 Å². The SMILES string of the molecule is CC(C)(C)OC(=O)CCCCCCCN(Cc1ccccn1)Cc1ccccn1. The first kappa shape index (κ1) is 23.0. The molecule has 0 saturated heterocycles. The fourth-order valence-electron chi connectivity index (χ4n) is 3.18. The summed E-state index contributed by atoms with van der Waals surface area (Å²) in [7, 11) is 0. The lowest BCUT2D eigenvalue weighted by atomic mass is 10.1. The van der Waals surface area contributed by atoms with E-state index in [2.05, 4.69) is 27.0 Å². The van der Waals surface area contributed by atoms with Gasteiger partial charge in [-0.2, -0.15) is 0 Å². The molecular formula is C24H35N3O2. The van der Waals surface area contributed by atoms with Crippen LogP contribution in [0.2, 0.25) is 0 Å². The second kappa shape index (κ2) is 12.3. The van der Waals surface area contributed by atoms with Crippen LogP contribution >= 0.6 is 0 Å².